The molecule has 1 unspecified atom stereocenters. The Balaban J connectivity index is 0. The minimum Gasteiger partial charge on any atom is -0.574 e. The first-order chi connectivity index (χ1) is 13.2. The van der Waals surface area contributed by atoms with Crippen molar-refractivity contribution in [3.05, 3.63) is 10.5 Å². The molecule has 0 fully saturated rings. The van der Waals surface area contributed by atoms with E-state index in [1.807, 2.05) is 0 Å². The number of hydrogen-bond acceptors (Lipinski definition) is 1. The predicted octanol–water partition coefficient (Wildman–Crippen LogP) is 6.10. The van der Waals surface area contributed by atoms with Gasteiger partial charge in [-0.05, 0) is 33.1 Å². The van der Waals surface area contributed by atoms with Crippen LogP contribution in [0.4, 0.5) is 0 Å². The van der Waals surface area contributed by atoms with Gasteiger partial charge in [-0.1, -0.05) is 102 Å². The molecule has 0 heterocycles. The van der Waals surface area contributed by atoms with Gasteiger partial charge in [-0.15, -0.1) is 21.7 Å². The van der Waals surface area contributed by atoms with Gasteiger partial charge in [-0.25, -0.2) is 0 Å². The monoisotopic (exact) mass is 460 g/mol. The van der Waals surface area contributed by atoms with E-state index in [4.69, 9.17) is 4.65 Å². The van der Waals surface area contributed by atoms with Gasteiger partial charge in [0.05, 0.1) is 0 Å². The van der Waals surface area contributed by atoms with E-state index in [2.05, 4.69) is 89.1 Å². The molecular weight excluding hydrogens is 414 g/mol. The standard InChI is InChI=1S/C25H47BBrO.Li/c1-9-11-13-15-17-19-21-26(28-23(5)6,25(7,8)22(3)4)24(27)20-18-16-14-12-10-2;/h20,22-23H,9-18H2,1-8H3;/q-1;+1/b24-20-;. The Hall–Kier alpha value is 0.402. The van der Waals surface area contributed by atoms with Crippen molar-refractivity contribution in [3.63, 3.8) is 0 Å². The molecule has 0 aliphatic rings. The summed E-state index contributed by atoms with van der Waals surface area (Å²) in [7, 11) is 0. The molecule has 0 aromatic carbocycles. The Morgan fingerprint density at radius 3 is 2.00 bits per heavy atom. The van der Waals surface area contributed by atoms with Gasteiger partial charge in [-0.2, -0.15) is 0 Å². The molecule has 0 N–H and O–H groups in total. The second-order valence-corrected chi connectivity index (χ2v) is 10.4. The van der Waals surface area contributed by atoms with E-state index in [0.717, 1.165) is 12.8 Å². The molecule has 1 nitrogen and oxygen atoms in total. The van der Waals surface area contributed by atoms with Crippen LogP contribution >= 0.6 is 15.9 Å². The van der Waals surface area contributed by atoms with Crippen LogP contribution in [0.2, 0.25) is 5.31 Å². The summed E-state index contributed by atoms with van der Waals surface area (Å²) in [6.45, 7) is 18.0. The van der Waals surface area contributed by atoms with Crippen molar-refractivity contribution in [2.75, 3.05) is 0 Å². The first kappa shape index (κ1) is 31.6. The van der Waals surface area contributed by atoms with Crippen molar-refractivity contribution in [3.8, 4) is 11.7 Å². The molecule has 0 rings (SSSR count). The summed E-state index contributed by atoms with van der Waals surface area (Å²) >= 11 is 3.96. The fourth-order valence-corrected chi connectivity index (χ4v) is 4.64. The minimum atomic E-state index is -1.44. The first-order valence-electron chi connectivity index (χ1n) is 11.8. The molecule has 0 radical (unpaired) electrons. The van der Waals surface area contributed by atoms with E-state index in [9.17, 15) is 0 Å². The molecule has 0 aliphatic carbocycles. The molecule has 0 aliphatic heterocycles. The van der Waals surface area contributed by atoms with Crippen LogP contribution in [0.25, 0.3) is 0 Å². The van der Waals surface area contributed by atoms with Gasteiger partial charge in [0.2, 0.25) is 6.35 Å². The fourth-order valence-electron chi connectivity index (χ4n) is 3.60. The summed E-state index contributed by atoms with van der Waals surface area (Å²) in [6.07, 6.45) is 13.3. The Morgan fingerprint density at radius 2 is 1.52 bits per heavy atom. The van der Waals surface area contributed by atoms with E-state index in [1.165, 1.54) is 55.7 Å². The summed E-state index contributed by atoms with van der Waals surface area (Å²) in [5, 5.41) is -0.0422. The third-order valence-electron chi connectivity index (χ3n) is 6.26. The van der Waals surface area contributed by atoms with Crippen LogP contribution in [0, 0.1) is 17.7 Å². The van der Waals surface area contributed by atoms with E-state index in [-0.39, 0.29) is 30.3 Å². The van der Waals surface area contributed by atoms with E-state index >= 15 is 0 Å². The molecule has 0 aromatic heterocycles. The molecule has 4 heteroatoms. The number of rotatable bonds is 14. The van der Waals surface area contributed by atoms with Crippen LogP contribution in [0.3, 0.4) is 0 Å². The molecule has 1 atom stereocenters. The molecule has 0 spiro atoms. The van der Waals surface area contributed by atoms with Gasteiger partial charge in [0.15, 0.2) is 0 Å². The molecule has 0 saturated heterocycles. The molecule has 164 valence electrons. The van der Waals surface area contributed by atoms with Crippen LogP contribution in [0.5, 0.6) is 0 Å². The summed E-state index contributed by atoms with van der Waals surface area (Å²) in [5.41, 5.74) is 0. The number of hydrogen-bond donors (Lipinski definition) is 0. The maximum absolute atomic E-state index is 6.71. The van der Waals surface area contributed by atoms with Crippen LogP contribution in [-0.2, 0) is 4.65 Å². The van der Waals surface area contributed by atoms with Crippen LogP contribution in [0.1, 0.15) is 120 Å². The van der Waals surface area contributed by atoms with Gasteiger partial charge >= 0.3 is 18.9 Å². The van der Waals surface area contributed by atoms with Gasteiger partial charge < -0.3 is 4.65 Å². The van der Waals surface area contributed by atoms with Crippen molar-refractivity contribution in [1.29, 1.82) is 0 Å². The van der Waals surface area contributed by atoms with E-state index in [0.29, 0.717) is 5.92 Å². The molecular formula is C25H47BBrLiO. The number of unbranched alkanes of at least 4 members (excludes halogenated alkanes) is 8. The van der Waals surface area contributed by atoms with Crippen molar-refractivity contribution in [1.82, 2.24) is 0 Å². The van der Waals surface area contributed by atoms with Crippen LogP contribution in [-0.4, -0.2) is 12.5 Å². The maximum Gasteiger partial charge on any atom is 1.00 e. The second-order valence-electron chi connectivity index (χ2n) is 9.52. The van der Waals surface area contributed by atoms with Crippen molar-refractivity contribution < 1.29 is 23.5 Å². The summed E-state index contributed by atoms with van der Waals surface area (Å²) in [4.78, 5) is 0. The van der Waals surface area contributed by atoms with Crippen molar-refractivity contribution >= 4 is 22.3 Å². The molecule has 0 aromatic rings. The Kier molecular flexibility index (Phi) is 18.5. The van der Waals surface area contributed by atoms with E-state index in [1.54, 1.807) is 0 Å². The topological polar surface area (TPSA) is 9.23 Å². The second kappa shape index (κ2) is 17.0. The van der Waals surface area contributed by atoms with Crippen LogP contribution in [0.15, 0.2) is 10.5 Å². The molecule has 0 bridgehead atoms. The Bertz CT molecular complexity index is 505. The normalized spacial score (nSPS) is 14.4. The van der Waals surface area contributed by atoms with Crippen molar-refractivity contribution in [2.24, 2.45) is 5.92 Å². The maximum atomic E-state index is 6.71. The molecule has 0 saturated carbocycles. The zero-order chi connectivity index (χ0) is 21.6. The first-order valence-corrected chi connectivity index (χ1v) is 12.6. The predicted molar refractivity (Wildman–Crippen MR) is 133 cm³/mol. The Morgan fingerprint density at radius 1 is 0.966 bits per heavy atom. The quantitative estimate of drug-likeness (QED) is 0.173. The SMILES string of the molecule is CCCCCCC#C[B-](OC(C)C)(/C(Br)=C/CCCCCC)C(C)(C)C(C)C.[Li+]. The summed E-state index contributed by atoms with van der Waals surface area (Å²) in [6, 6.07) is 0. The Labute approximate surface area is 204 Å². The zero-order valence-electron chi connectivity index (χ0n) is 21.2. The van der Waals surface area contributed by atoms with Gasteiger partial charge in [0.1, 0.15) is 0 Å². The smallest absolute Gasteiger partial charge is 0.574 e. The van der Waals surface area contributed by atoms with Crippen molar-refractivity contribution in [2.45, 2.75) is 131 Å². The number of halogens is 1. The minimum absolute atomic E-state index is 0. The van der Waals surface area contributed by atoms with Gasteiger partial charge in [0, 0.05) is 12.5 Å². The van der Waals surface area contributed by atoms with Gasteiger partial charge in [-0.3, -0.25) is 5.82 Å². The van der Waals surface area contributed by atoms with Crippen LogP contribution < -0.4 is 18.9 Å². The fraction of sp³-hybridized carbons (Fsp3) is 0.840. The third kappa shape index (κ3) is 11.0. The van der Waals surface area contributed by atoms with E-state index < -0.39 is 6.35 Å². The third-order valence-corrected chi connectivity index (χ3v) is 7.23. The largest absolute Gasteiger partial charge is 1.00 e. The van der Waals surface area contributed by atoms with Gasteiger partial charge in [0.25, 0.3) is 0 Å². The summed E-state index contributed by atoms with van der Waals surface area (Å²) in [5.74, 6) is 7.69. The average molecular weight is 461 g/mol. The molecule has 29 heavy (non-hydrogen) atoms. The molecule has 0 amide bonds. The number of allylic oxidation sites excluding steroid dienone is 1. The summed E-state index contributed by atoms with van der Waals surface area (Å²) < 4.78 is 7.88. The zero-order valence-corrected chi connectivity index (χ0v) is 22.8. The average Bonchev–Trinajstić information content (AvgIpc) is 2.62.